The first-order valence-electron chi connectivity index (χ1n) is 10.6. The Labute approximate surface area is 188 Å². The first-order valence-corrected chi connectivity index (χ1v) is 11.0. The predicted octanol–water partition coefficient (Wildman–Crippen LogP) is 6.26. The molecule has 0 N–H and O–H groups in total. The summed E-state index contributed by atoms with van der Waals surface area (Å²) in [7, 11) is 0. The first kappa shape index (κ1) is 21.2. The summed E-state index contributed by atoms with van der Waals surface area (Å²) in [5.41, 5.74) is 3.43. The van der Waals surface area contributed by atoms with Gasteiger partial charge in [-0.05, 0) is 53.4 Å². The van der Waals surface area contributed by atoms with Crippen molar-refractivity contribution in [2.24, 2.45) is 0 Å². The highest BCUT2D eigenvalue weighted by atomic mass is 35.5. The van der Waals surface area contributed by atoms with Gasteiger partial charge >= 0.3 is 0 Å². The van der Waals surface area contributed by atoms with Gasteiger partial charge in [0.25, 0.3) is 5.91 Å². The molecule has 1 heterocycles. The van der Waals surface area contributed by atoms with E-state index in [1.165, 1.54) is 0 Å². The molecule has 0 fully saturated rings. The second-order valence-electron chi connectivity index (χ2n) is 7.79. The molecule has 0 bridgehead atoms. The molecule has 1 atom stereocenters. The lowest BCUT2D eigenvalue weighted by atomic mass is 9.78. The zero-order valence-corrected chi connectivity index (χ0v) is 18.4. The lowest BCUT2D eigenvalue weighted by Crippen LogP contribution is -2.46. The largest absolute Gasteiger partial charge is 0.490 e. The first-order chi connectivity index (χ1) is 15.1. The fourth-order valence-electron chi connectivity index (χ4n) is 4.49. The Kier molecular flexibility index (Phi) is 6.15. The maximum absolute atomic E-state index is 13.5. The highest BCUT2D eigenvalue weighted by Crippen LogP contribution is 2.47. The molecule has 31 heavy (non-hydrogen) atoms. The van der Waals surface area contributed by atoms with E-state index in [0.717, 1.165) is 34.4 Å². The molecular formula is C27H26ClNO2. The summed E-state index contributed by atoms with van der Waals surface area (Å²) in [6.45, 7) is 6.95. The lowest BCUT2D eigenvalue weighted by molar-refractivity contribution is 0.0622. The van der Waals surface area contributed by atoms with Crippen molar-refractivity contribution in [2.75, 3.05) is 13.2 Å². The lowest BCUT2D eigenvalue weighted by Gasteiger charge is -2.40. The molecular weight excluding hydrogens is 406 g/mol. The molecule has 0 radical (unpaired) electrons. The van der Waals surface area contributed by atoms with Gasteiger partial charge in [-0.2, -0.15) is 0 Å². The van der Waals surface area contributed by atoms with Crippen molar-refractivity contribution < 1.29 is 9.53 Å². The third kappa shape index (κ3) is 3.86. The number of benzene rings is 3. The van der Waals surface area contributed by atoms with Gasteiger partial charge < -0.3 is 9.64 Å². The predicted molar refractivity (Wildman–Crippen MR) is 126 cm³/mol. The summed E-state index contributed by atoms with van der Waals surface area (Å²) >= 11 is 6.21. The molecule has 0 saturated carbocycles. The van der Waals surface area contributed by atoms with Crippen LogP contribution in [0.2, 0.25) is 5.02 Å². The van der Waals surface area contributed by atoms with E-state index in [1.54, 1.807) is 6.08 Å². The molecule has 3 aromatic rings. The van der Waals surface area contributed by atoms with Crippen molar-refractivity contribution in [2.45, 2.75) is 25.3 Å². The maximum Gasteiger partial charge on any atom is 0.255 e. The number of carbonyl (C=O) groups excluding carboxylic acids is 1. The topological polar surface area (TPSA) is 29.5 Å². The number of halogens is 1. The van der Waals surface area contributed by atoms with Crippen LogP contribution in [0, 0.1) is 0 Å². The van der Waals surface area contributed by atoms with Gasteiger partial charge in [-0.3, -0.25) is 4.79 Å². The Morgan fingerprint density at radius 2 is 1.74 bits per heavy atom. The molecule has 1 unspecified atom stereocenters. The second kappa shape index (κ2) is 8.99. The molecule has 0 spiro atoms. The van der Waals surface area contributed by atoms with Crippen molar-refractivity contribution in [1.82, 2.24) is 4.90 Å². The quantitative estimate of drug-likeness (QED) is 0.394. The van der Waals surface area contributed by atoms with E-state index in [0.29, 0.717) is 24.6 Å². The van der Waals surface area contributed by atoms with Gasteiger partial charge in [0.05, 0.1) is 5.54 Å². The SMILES string of the molecule is C=CCOc1ccc(CC2(c3ccc(Cl)cc3)c3ccccc3C(=O)N2CCC)cc1. The van der Waals surface area contributed by atoms with Gasteiger partial charge in [-0.25, -0.2) is 0 Å². The Morgan fingerprint density at radius 1 is 1.03 bits per heavy atom. The van der Waals surface area contributed by atoms with E-state index in [-0.39, 0.29) is 5.91 Å². The second-order valence-corrected chi connectivity index (χ2v) is 8.23. The zero-order chi connectivity index (χ0) is 21.8. The minimum atomic E-state index is -0.586. The van der Waals surface area contributed by atoms with Crippen LogP contribution >= 0.6 is 11.6 Å². The average molecular weight is 432 g/mol. The van der Waals surface area contributed by atoms with Crippen molar-refractivity contribution in [3.8, 4) is 5.75 Å². The molecule has 0 aromatic heterocycles. The van der Waals surface area contributed by atoms with Crippen LogP contribution in [-0.2, 0) is 12.0 Å². The molecule has 1 amide bonds. The molecule has 158 valence electrons. The van der Waals surface area contributed by atoms with E-state index < -0.39 is 5.54 Å². The Bertz CT molecular complexity index is 1080. The normalized spacial score (nSPS) is 17.5. The fourth-order valence-corrected chi connectivity index (χ4v) is 4.62. The van der Waals surface area contributed by atoms with Crippen LogP contribution < -0.4 is 4.74 Å². The Balaban J connectivity index is 1.85. The van der Waals surface area contributed by atoms with E-state index in [9.17, 15) is 4.79 Å². The van der Waals surface area contributed by atoms with Gasteiger partial charge in [0.1, 0.15) is 12.4 Å². The van der Waals surface area contributed by atoms with Gasteiger partial charge in [0, 0.05) is 23.6 Å². The minimum absolute atomic E-state index is 0.0818. The van der Waals surface area contributed by atoms with Gasteiger partial charge in [-0.15, -0.1) is 0 Å². The van der Waals surface area contributed by atoms with Crippen LogP contribution in [0.3, 0.4) is 0 Å². The molecule has 3 aromatic carbocycles. The van der Waals surface area contributed by atoms with Gasteiger partial charge in [-0.1, -0.05) is 73.6 Å². The zero-order valence-electron chi connectivity index (χ0n) is 17.7. The van der Waals surface area contributed by atoms with Crippen LogP contribution in [0.1, 0.15) is 40.4 Å². The molecule has 4 rings (SSSR count). The van der Waals surface area contributed by atoms with Crippen LogP contribution in [0.25, 0.3) is 0 Å². The van der Waals surface area contributed by atoms with Crippen molar-refractivity contribution in [3.05, 3.63) is 113 Å². The van der Waals surface area contributed by atoms with Crippen molar-refractivity contribution in [3.63, 3.8) is 0 Å². The number of fused-ring (bicyclic) bond motifs is 1. The summed E-state index contributed by atoms with van der Waals surface area (Å²) in [5.74, 6) is 0.885. The van der Waals surface area contributed by atoms with Gasteiger partial charge in [0.15, 0.2) is 0 Å². The van der Waals surface area contributed by atoms with E-state index in [4.69, 9.17) is 16.3 Å². The van der Waals surface area contributed by atoms with E-state index in [2.05, 4.69) is 31.7 Å². The van der Waals surface area contributed by atoms with Gasteiger partial charge in [0.2, 0.25) is 0 Å². The number of hydrogen-bond donors (Lipinski definition) is 0. The number of nitrogens with zero attached hydrogens (tertiary/aromatic N) is 1. The summed E-state index contributed by atoms with van der Waals surface area (Å²) in [6, 6.07) is 24.0. The smallest absolute Gasteiger partial charge is 0.255 e. The summed E-state index contributed by atoms with van der Waals surface area (Å²) in [4.78, 5) is 15.5. The van der Waals surface area contributed by atoms with E-state index >= 15 is 0 Å². The average Bonchev–Trinajstić information content (AvgIpc) is 3.03. The molecule has 0 aliphatic carbocycles. The summed E-state index contributed by atoms with van der Waals surface area (Å²) in [6.07, 6.45) is 3.27. The van der Waals surface area contributed by atoms with Crippen molar-refractivity contribution >= 4 is 17.5 Å². The van der Waals surface area contributed by atoms with Crippen LogP contribution in [0.4, 0.5) is 0 Å². The highest BCUT2D eigenvalue weighted by Gasteiger charge is 2.50. The monoisotopic (exact) mass is 431 g/mol. The van der Waals surface area contributed by atoms with Crippen LogP contribution in [0.15, 0.2) is 85.5 Å². The highest BCUT2D eigenvalue weighted by molar-refractivity contribution is 6.30. The van der Waals surface area contributed by atoms with Crippen molar-refractivity contribution in [1.29, 1.82) is 0 Å². The van der Waals surface area contributed by atoms with E-state index in [1.807, 2.05) is 59.5 Å². The number of carbonyl (C=O) groups is 1. The standard InChI is InChI=1S/C27H26ClNO2/c1-3-17-29-26(30)24-7-5-6-8-25(24)27(29,21-11-13-22(28)14-12-21)19-20-9-15-23(16-10-20)31-18-4-2/h4-16H,2-3,17-19H2,1H3. The minimum Gasteiger partial charge on any atom is -0.490 e. The molecule has 0 saturated heterocycles. The van der Waals surface area contributed by atoms with Crippen LogP contribution in [-0.4, -0.2) is 24.0 Å². The number of rotatable bonds is 8. The summed E-state index contributed by atoms with van der Waals surface area (Å²) in [5, 5.41) is 0.683. The molecule has 1 aliphatic rings. The summed E-state index contributed by atoms with van der Waals surface area (Å²) < 4.78 is 5.64. The fraction of sp³-hybridized carbons (Fsp3) is 0.222. The third-order valence-electron chi connectivity index (χ3n) is 5.83. The number of ether oxygens (including phenoxy) is 1. The Hall–Kier alpha value is -3.04. The Morgan fingerprint density at radius 3 is 2.42 bits per heavy atom. The maximum atomic E-state index is 13.5. The number of hydrogen-bond acceptors (Lipinski definition) is 2. The molecule has 3 nitrogen and oxygen atoms in total. The number of amides is 1. The van der Waals surface area contributed by atoms with Crippen LogP contribution in [0.5, 0.6) is 5.75 Å². The molecule has 4 heteroatoms. The molecule has 1 aliphatic heterocycles. The third-order valence-corrected chi connectivity index (χ3v) is 6.08.